The molecule has 172 valence electrons. The van der Waals surface area contributed by atoms with Crippen molar-refractivity contribution < 1.29 is 9.53 Å². The average Bonchev–Trinajstić information content (AvgIpc) is 3.32. The van der Waals surface area contributed by atoms with E-state index < -0.39 is 6.04 Å². The standard InChI is InChI=1S/C25H22ClN5O3/c1-14-9-18(13-29(2)23(14)32)31-21(15-5-7-17(26)8-6-15)22-19(24(31)33)10-20(30(22)3)16-11-27-25(34-4)28-12-16/h5-13,21H,1-4H3/t21-/m0/s1. The molecule has 1 aliphatic heterocycles. The number of methoxy groups -OCH3 is 1. The molecule has 34 heavy (non-hydrogen) atoms. The minimum Gasteiger partial charge on any atom is -0.467 e. The van der Waals surface area contributed by atoms with Crippen LogP contribution in [0.25, 0.3) is 11.3 Å². The fourth-order valence-electron chi connectivity index (χ4n) is 4.53. The lowest BCUT2D eigenvalue weighted by atomic mass is 10.0. The molecule has 1 amide bonds. The summed E-state index contributed by atoms with van der Waals surface area (Å²) in [6.45, 7) is 1.75. The first-order valence-corrected chi connectivity index (χ1v) is 11.0. The number of aryl methyl sites for hydroxylation is 2. The maximum atomic E-state index is 13.8. The number of aromatic nitrogens is 4. The smallest absolute Gasteiger partial charge is 0.316 e. The van der Waals surface area contributed by atoms with Gasteiger partial charge in [-0.25, -0.2) is 9.97 Å². The topological polar surface area (TPSA) is 82.2 Å². The molecule has 1 atom stereocenters. The molecule has 0 spiro atoms. The van der Waals surface area contributed by atoms with Crippen molar-refractivity contribution >= 4 is 23.2 Å². The van der Waals surface area contributed by atoms with E-state index in [0.717, 1.165) is 22.5 Å². The number of anilines is 1. The summed E-state index contributed by atoms with van der Waals surface area (Å²) in [5, 5.41) is 0.612. The Morgan fingerprint density at radius 3 is 2.32 bits per heavy atom. The van der Waals surface area contributed by atoms with E-state index in [0.29, 0.717) is 21.8 Å². The van der Waals surface area contributed by atoms with Gasteiger partial charge >= 0.3 is 6.01 Å². The lowest BCUT2D eigenvalue weighted by molar-refractivity contribution is 0.0993. The third-order valence-corrected chi connectivity index (χ3v) is 6.42. The summed E-state index contributed by atoms with van der Waals surface area (Å²) in [7, 11) is 5.12. The maximum absolute atomic E-state index is 13.8. The molecule has 0 unspecified atom stereocenters. The van der Waals surface area contributed by atoms with Crippen molar-refractivity contribution in [2.45, 2.75) is 13.0 Å². The van der Waals surface area contributed by atoms with Crippen molar-refractivity contribution in [3.8, 4) is 17.3 Å². The predicted octanol–water partition coefficient (Wildman–Crippen LogP) is 3.90. The highest BCUT2D eigenvalue weighted by Crippen LogP contribution is 2.44. The van der Waals surface area contributed by atoms with E-state index in [1.54, 1.807) is 43.5 Å². The molecule has 5 rings (SSSR count). The van der Waals surface area contributed by atoms with Crippen LogP contribution >= 0.6 is 11.6 Å². The highest BCUT2D eigenvalue weighted by atomic mass is 35.5. The van der Waals surface area contributed by atoms with E-state index in [1.165, 1.54) is 11.7 Å². The molecule has 3 aromatic heterocycles. The molecule has 0 fully saturated rings. The number of hydrogen-bond donors (Lipinski definition) is 0. The van der Waals surface area contributed by atoms with Gasteiger partial charge < -0.3 is 13.9 Å². The lowest BCUT2D eigenvalue weighted by Crippen LogP contribution is -2.31. The van der Waals surface area contributed by atoms with Crippen LogP contribution in [-0.2, 0) is 14.1 Å². The molecule has 4 heterocycles. The van der Waals surface area contributed by atoms with Crippen LogP contribution in [-0.4, -0.2) is 32.1 Å². The molecular weight excluding hydrogens is 454 g/mol. The fourth-order valence-corrected chi connectivity index (χ4v) is 4.65. The highest BCUT2D eigenvalue weighted by molar-refractivity contribution is 6.30. The van der Waals surface area contributed by atoms with E-state index in [-0.39, 0.29) is 17.5 Å². The van der Waals surface area contributed by atoms with Crippen LogP contribution in [0.2, 0.25) is 5.02 Å². The quantitative estimate of drug-likeness (QED) is 0.447. The van der Waals surface area contributed by atoms with Gasteiger partial charge in [0.25, 0.3) is 11.5 Å². The number of carbonyl (C=O) groups excluding carboxylic acids is 1. The van der Waals surface area contributed by atoms with E-state index >= 15 is 0 Å². The summed E-state index contributed by atoms with van der Waals surface area (Å²) in [6.07, 6.45) is 5.04. The van der Waals surface area contributed by atoms with Crippen LogP contribution in [0, 0.1) is 6.92 Å². The Balaban J connectivity index is 1.70. The molecule has 4 aromatic rings. The Bertz CT molecular complexity index is 1450. The fraction of sp³-hybridized carbons (Fsp3) is 0.200. The molecule has 1 aromatic carbocycles. The van der Waals surface area contributed by atoms with Crippen LogP contribution in [0.5, 0.6) is 6.01 Å². The minimum atomic E-state index is -0.408. The predicted molar refractivity (Wildman–Crippen MR) is 130 cm³/mol. The Morgan fingerprint density at radius 1 is 1.03 bits per heavy atom. The van der Waals surface area contributed by atoms with Gasteiger partial charge in [-0.15, -0.1) is 0 Å². The number of nitrogens with zero attached hydrogens (tertiary/aromatic N) is 5. The zero-order valence-electron chi connectivity index (χ0n) is 19.1. The molecule has 0 saturated carbocycles. The summed E-state index contributed by atoms with van der Waals surface area (Å²) in [5.74, 6) is -0.149. The number of hydrogen-bond acceptors (Lipinski definition) is 5. The minimum absolute atomic E-state index is 0.0993. The van der Waals surface area contributed by atoms with Crippen molar-refractivity contribution in [2.75, 3.05) is 12.0 Å². The summed E-state index contributed by atoms with van der Waals surface area (Å²) in [5.41, 5.74) is 5.02. The van der Waals surface area contributed by atoms with Gasteiger partial charge in [-0.05, 0) is 36.8 Å². The molecule has 0 saturated heterocycles. The summed E-state index contributed by atoms with van der Waals surface area (Å²) in [4.78, 5) is 36.2. The molecule has 0 radical (unpaired) electrons. The lowest BCUT2D eigenvalue weighted by Gasteiger charge is -2.28. The number of amides is 1. The van der Waals surface area contributed by atoms with Crippen molar-refractivity contribution in [1.29, 1.82) is 0 Å². The number of fused-ring (bicyclic) bond motifs is 1. The second-order valence-electron chi connectivity index (χ2n) is 8.27. The van der Waals surface area contributed by atoms with Gasteiger partial charge in [0.2, 0.25) is 0 Å². The van der Waals surface area contributed by atoms with Gasteiger partial charge in [0.05, 0.1) is 29.7 Å². The molecule has 0 aliphatic carbocycles. The van der Waals surface area contributed by atoms with Gasteiger partial charge in [0.1, 0.15) is 6.04 Å². The van der Waals surface area contributed by atoms with Crippen LogP contribution in [0.3, 0.4) is 0 Å². The number of ether oxygens (including phenoxy) is 1. The largest absolute Gasteiger partial charge is 0.467 e. The zero-order valence-corrected chi connectivity index (χ0v) is 19.9. The molecule has 9 heteroatoms. The van der Waals surface area contributed by atoms with E-state index in [9.17, 15) is 9.59 Å². The highest BCUT2D eigenvalue weighted by Gasteiger charge is 2.42. The molecule has 0 N–H and O–H groups in total. The SMILES string of the molecule is COc1ncc(-c2cc3c(n2C)[C@H](c2ccc(Cl)cc2)N(c2cc(C)c(=O)n(C)c2)C3=O)cn1. The van der Waals surface area contributed by atoms with Crippen molar-refractivity contribution in [3.05, 3.63) is 92.7 Å². The third kappa shape index (κ3) is 3.38. The molecule has 0 bridgehead atoms. The van der Waals surface area contributed by atoms with Gasteiger partial charge in [-0.1, -0.05) is 23.7 Å². The summed E-state index contributed by atoms with van der Waals surface area (Å²) < 4.78 is 8.56. The summed E-state index contributed by atoms with van der Waals surface area (Å²) >= 11 is 6.15. The van der Waals surface area contributed by atoms with Crippen LogP contribution in [0.15, 0.2) is 59.8 Å². The number of rotatable bonds is 4. The van der Waals surface area contributed by atoms with Crippen molar-refractivity contribution in [1.82, 2.24) is 19.1 Å². The van der Waals surface area contributed by atoms with Gasteiger partial charge in [0.15, 0.2) is 0 Å². The number of carbonyl (C=O) groups is 1. The second kappa shape index (κ2) is 8.14. The Kier molecular flexibility index (Phi) is 5.25. The monoisotopic (exact) mass is 475 g/mol. The van der Waals surface area contributed by atoms with Crippen molar-refractivity contribution in [3.63, 3.8) is 0 Å². The number of benzene rings is 1. The summed E-state index contributed by atoms with van der Waals surface area (Å²) in [6, 6.07) is 10.9. The zero-order chi connectivity index (χ0) is 24.1. The first-order valence-electron chi connectivity index (χ1n) is 10.6. The average molecular weight is 476 g/mol. The van der Waals surface area contributed by atoms with Gasteiger partial charge in [-0.3, -0.25) is 14.5 Å². The van der Waals surface area contributed by atoms with Crippen LogP contribution in [0.4, 0.5) is 5.69 Å². The molecule has 8 nitrogen and oxygen atoms in total. The Morgan fingerprint density at radius 2 is 1.71 bits per heavy atom. The maximum Gasteiger partial charge on any atom is 0.316 e. The first-order chi connectivity index (χ1) is 16.3. The van der Waals surface area contributed by atoms with Crippen LogP contribution < -0.4 is 15.2 Å². The number of halogens is 1. The first kappa shape index (κ1) is 21.9. The second-order valence-corrected chi connectivity index (χ2v) is 8.71. The van der Waals surface area contributed by atoms with Crippen LogP contribution in [0.1, 0.15) is 33.2 Å². The normalized spacial score (nSPS) is 15.0. The number of pyridine rings is 1. The van der Waals surface area contributed by atoms with E-state index in [4.69, 9.17) is 16.3 Å². The van der Waals surface area contributed by atoms with E-state index in [2.05, 4.69) is 9.97 Å². The van der Waals surface area contributed by atoms with Gasteiger partial charge in [-0.2, -0.15) is 0 Å². The van der Waals surface area contributed by atoms with Crippen molar-refractivity contribution in [2.24, 2.45) is 14.1 Å². The molecule has 1 aliphatic rings. The Hall–Kier alpha value is -3.91. The third-order valence-electron chi connectivity index (χ3n) is 6.16. The van der Waals surface area contributed by atoms with Gasteiger partial charge in [0, 0.05) is 48.8 Å². The van der Waals surface area contributed by atoms with E-state index in [1.807, 2.05) is 41.9 Å². The Labute approximate surface area is 201 Å². The molecular formula is C25H22ClN5O3.